The zero-order valence-corrected chi connectivity index (χ0v) is 14.9. The van der Waals surface area contributed by atoms with Crippen LogP contribution in [0.15, 0.2) is 0 Å². The van der Waals surface area contributed by atoms with Gasteiger partial charge < -0.3 is 21.5 Å². The Balaban J connectivity index is 2.91. The Hall–Kier alpha value is -2.26. The summed E-state index contributed by atoms with van der Waals surface area (Å²) in [6.45, 7) is 8.46. The molecule has 1 amide bonds. The number of nitrogens with one attached hydrogen (secondary N) is 1. The quantitative estimate of drug-likeness (QED) is 0.757. The van der Waals surface area contributed by atoms with E-state index in [1.54, 1.807) is 34.6 Å². The van der Waals surface area contributed by atoms with Crippen molar-refractivity contribution in [1.29, 1.82) is 0 Å². The van der Waals surface area contributed by atoms with Crippen molar-refractivity contribution in [2.75, 3.05) is 11.5 Å². The van der Waals surface area contributed by atoms with Crippen LogP contribution in [0, 0.1) is 0 Å². The first-order valence-electron chi connectivity index (χ1n) is 7.61. The third kappa shape index (κ3) is 6.63. The fourth-order valence-corrected chi connectivity index (χ4v) is 2.11. The van der Waals surface area contributed by atoms with Gasteiger partial charge in [0.25, 0.3) is 0 Å². The molecule has 1 rings (SSSR count). The van der Waals surface area contributed by atoms with E-state index in [1.165, 1.54) is 0 Å². The molecule has 0 aliphatic carbocycles. The van der Waals surface area contributed by atoms with E-state index in [0.717, 1.165) is 0 Å². The van der Waals surface area contributed by atoms with Crippen molar-refractivity contribution in [2.24, 2.45) is 0 Å². The summed E-state index contributed by atoms with van der Waals surface area (Å²) in [6.07, 6.45) is -5.30. The van der Waals surface area contributed by atoms with Gasteiger partial charge >= 0.3 is 12.3 Å². The van der Waals surface area contributed by atoms with Crippen LogP contribution in [-0.2, 0) is 17.3 Å². The van der Waals surface area contributed by atoms with Crippen LogP contribution in [0.1, 0.15) is 52.3 Å². The standard InChI is InChI=1S/C15H24F3N5O2/c1-13(2,3)25-12(24)23-14(4,5)7-6-8-9(15(16,17)18)10(19)22-11(20)21-8/h6-7H2,1-5H3,(H,23,24)(H4,19,20,21,22). The molecule has 0 atom stereocenters. The molecule has 0 fully saturated rings. The summed E-state index contributed by atoms with van der Waals surface area (Å²) in [7, 11) is 0. The average Bonchev–Trinajstić information content (AvgIpc) is 2.30. The largest absolute Gasteiger partial charge is 0.444 e. The van der Waals surface area contributed by atoms with Crippen LogP contribution in [0.25, 0.3) is 0 Å². The number of amides is 1. The number of aromatic nitrogens is 2. The molecular weight excluding hydrogens is 339 g/mol. The molecule has 1 heterocycles. The van der Waals surface area contributed by atoms with Crippen molar-refractivity contribution in [3.63, 3.8) is 0 Å². The van der Waals surface area contributed by atoms with Crippen LogP contribution >= 0.6 is 0 Å². The van der Waals surface area contributed by atoms with Gasteiger partial charge in [0.1, 0.15) is 17.0 Å². The van der Waals surface area contributed by atoms with E-state index in [0.29, 0.717) is 0 Å². The lowest BCUT2D eigenvalue weighted by atomic mass is 9.96. The molecule has 1 aromatic heterocycles. The highest BCUT2D eigenvalue weighted by atomic mass is 19.4. The lowest BCUT2D eigenvalue weighted by Gasteiger charge is -2.29. The Kier molecular flexibility index (Phi) is 5.76. The molecule has 7 nitrogen and oxygen atoms in total. The second-order valence-electron chi connectivity index (χ2n) is 7.30. The monoisotopic (exact) mass is 363 g/mol. The van der Waals surface area contributed by atoms with Crippen molar-refractivity contribution < 1.29 is 22.7 Å². The zero-order chi connectivity index (χ0) is 19.6. The van der Waals surface area contributed by atoms with Crippen LogP contribution in [0.5, 0.6) is 0 Å². The lowest BCUT2D eigenvalue weighted by Crippen LogP contribution is -2.46. The normalized spacial score (nSPS) is 12.8. The molecule has 0 radical (unpaired) electrons. The second kappa shape index (κ2) is 6.93. The van der Waals surface area contributed by atoms with E-state index in [1.807, 2.05) is 0 Å². The van der Waals surface area contributed by atoms with Crippen LogP contribution in [-0.4, -0.2) is 27.2 Å². The maximum Gasteiger partial charge on any atom is 0.421 e. The number of carbonyl (C=O) groups excluding carboxylic acids is 1. The first kappa shape index (κ1) is 20.8. The third-order valence-electron chi connectivity index (χ3n) is 3.14. The Labute approximate surface area is 144 Å². The fraction of sp³-hybridized carbons (Fsp3) is 0.667. The minimum absolute atomic E-state index is 0.103. The number of alkyl halides is 3. The molecule has 0 aliphatic rings. The Morgan fingerprint density at radius 2 is 1.68 bits per heavy atom. The van der Waals surface area contributed by atoms with Gasteiger partial charge in [-0.1, -0.05) is 0 Å². The molecule has 25 heavy (non-hydrogen) atoms. The fourth-order valence-electron chi connectivity index (χ4n) is 2.11. The molecular formula is C15H24F3N5O2. The van der Waals surface area contributed by atoms with Crippen LogP contribution in [0.3, 0.4) is 0 Å². The van der Waals surface area contributed by atoms with Crippen molar-refractivity contribution in [1.82, 2.24) is 15.3 Å². The van der Waals surface area contributed by atoms with Gasteiger partial charge in [-0.05, 0) is 47.5 Å². The summed E-state index contributed by atoms with van der Waals surface area (Å²) in [6, 6.07) is 0. The minimum Gasteiger partial charge on any atom is -0.444 e. The predicted molar refractivity (Wildman–Crippen MR) is 87.6 cm³/mol. The summed E-state index contributed by atoms with van der Waals surface area (Å²) < 4.78 is 44.6. The summed E-state index contributed by atoms with van der Waals surface area (Å²) in [5, 5.41) is 2.62. The summed E-state index contributed by atoms with van der Waals surface area (Å²) in [5.74, 6) is -1.05. The minimum atomic E-state index is -4.70. The topological polar surface area (TPSA) is 116 Å². The molecule has 0 spiro atoms. The van der Waals surface area contributed by atoms with Crippen molar-refractivity contribution >= 4 is 17.9 Å². The summed E-state index contributed by atoms with van der Waals surface area (Å²) in [5.41, 5.74) is 7.83. The number of ether oxygens (including phenoxy) is 1. The molecule has 0 saturated heterocycles. The van der Waals surface area contributed by atoms with Crippen molar-refractivity contribution in [3.8, 4) is 0 Å². The summed E-state index contributed by atoms with van der Waals surface area (Å²) >= 11 is 0. The number of nitrogens with two attached hydrogens (primary N) is 2. The smallest absolute Gasteiger partial charge is 0.421 e. The second-order valence-corrected chi connectivity index (χ2v) is 7.30. The molecule has 0 aromatic carbocycles. The SMILES string of the molecule is CC(C)(CCc1nc(N)nc(N)c1C(F)(F)F)NC(=O)OC(C)(C)C. The highest BCUT2D eigenvalue weighted by Gasteiger charge is 2.38. The predicted octanol–water partition coefficient (Wildman–Crippen LogP) is 2.90. The van der Waals surface area contributed by atoms with Crippen LogP contribution in [0.2, 0.25) is 0 Å². The van der Waals surface area contributed by atoms with Gasteiger partial charge in [0, 0.05) is 5.54 Å². The van der Waals surface area contributed by atoms with E-state index >= 15 is 0 Å². The maximum absolute atomic E-state index is 13.2. The number of alkyl carbamates (subject to hydrolysis) is 1. The highest BCUT2D eigenvalue weighted by Crippen LogP contribution is 2.36. The molecule has 5 N–H and O–H groups in total. The Morgan fingerprint density at radius 1 is 1.12 bits per heavy atom. The van der Waals surface area contributed by atoms with E-state index in [4.69, 9.17) is 16.2 Å². The van der Waals surface area contributed by atoms with E-state index in [2.05, 4.69) is 15.3 Å². The molecule has 0 saturated carbocycles. The van der Waals surface area contributed by atoms with E-state index in [-0.39, 0.29) is 24.5 Å². The van der Waals surface area contributed by atoms with Gasteiger partial charge in [0.05, 0.1) is 5.69 Å². The number of rotatable bonds is 4. The molecule has 10 heteroatoms. The number of hydrogen-bond donors (Lipinski definition) is 3. The van der Waals surface area contributed by atoms with Gasteiger partial charge in [0.15, 0.2) is 0 Å². The Bertz CT molecular complexity index is 639. The molecule has 142 valence electrons. The number of nitrogen functional groups attached to an aromatic ring is 2. The zero-order valence-electron chi connectivity index (χ0n) is 14.9. The van der Waals surface area contributed by atoms with E-state index in [9.17, 15) is 18.0 Å². The van der Waals surface area contributed by atoms with Gasteiger partial charge in [-0.25, -0.2) is 9.78 Å². The van der Waals surface area contributed by atoms with Gasteiger partial charge in [-0.3, -0.25) is 0 Å². The number of carbonyl (C=O) groups is 1. The average molecular weight is 363 g/mol. The van der Waals surface area contributed by atoms with Gasteiger partial charge in [-0.2, -0.15) is 18.2 Å². The van der Waals surface area contributed by atoms with Gasteiger partial charge in [-0.15, -0.1) is 0 Å². The van der Waals surface area contributed by atoms with E-state index < -0.39 is 34.8 Å². The lowest BCUT2D eigenvalue weighted by molar-refractivity contribution is -0.138. The van der Waals surface area contributed by atoms with Gasteiger partial charge in [0.2, 0.25) is 5.95 Å². The first-order chi connectivity index (χ1) is 11.1. The number of halogens is 3. The summed E-state index contributed by atoms with van der Waals surface area (Å²) in [4.78, 5) is 18.9. The molecule has 0 unspecified atom stereocenters. The molecule has 1 aromatic rings. The Morgan fingerprint density at radius 3 is 2.16 bits per heavy atom. The van der Waals surface area contributed by atoms with Crippen molar-refractivity contribution in [2.45, 2.75) is 64.8 Å². The number of hydrogen-bond acceptors (Lipinski definition) is 6. The third-order valence-corrected chi connectivity index (χ3v) is 3.14. The maximum atomic E-state index is 13.2. The van der Waals surface area contributed by atoms with Crippen molar-refractivity contribution in [3.05, 3.63) is 11.3 Å². The molecule has 0 bridgehead atoms. The number of anilines is 2. The number of aryl methyl sites for hydroxylation is 1. The van der Waals surface area contributed by atoms with Crippen LogP contribution in [0.4, 0.5) is 29.7 Å². The van der Waals surface area contributed by atoms with Crippen LogP contribution < -0.4 is 16.8 Å². The number of nitrogens with zero attached hydrogens (tertiary/aromatic N) is 2. The first-order valence-corrected chi connectivity index (χ1v) is 7.61. The highest BCUT2D eigenvalue weighted by molar-refractivity contribution is 5.68. The molecule has 0 aliphatic heterocycles.